The Hall–Kier alpha value is -3.00. The average molecular weight is 397 g/mol. The van der Waals surface area contributed by atoms with E-state index in [1.54, 1.807) is 12.1 Å². The topological polar surface area (TPSA) is 72.2 Å². The molecule has 8 heteroatoms. The van der Waals surface area contributed by atoms with Crippen LogP contribution in [0.25, 0.3) is 11.4 Å². The third kappa shape index (κ3) is 5.04. The summed E-state index contributed by atoms with van der Waals surface area (Å²) in [5, 5.41) is 13.1. The number of rotatable bonds is 7. The lowest BCUT2D eigenvalue weighted by atomic mass is 10.1. The molecule has 3 aromatic rings. The van der Waals surface area contributed by atoms with Crippen molar-refractivity contribution in [3.8, 4) is 11.4 Å². The Morgan fingerprint density at radius 2 is 1.89 bits per heavy atom. The van der Waals surface area contributed by atoms with Crippen molar-refractivity contribution < 1.29 is 9.18 Å². The Morgan fingerprint density at radius 1 is 1.18 bits per heavy atom. The number of hydrogen-bond donors (Lipinski definition) is 1. The van der Waals surface area contributed by atoms with Crippen LogP contribution in [0, 0.1) is 12.7 Å². The van der Waals surface area contributed by atoms with E-state index in [0.29, 0.717) is 17.3 Å². The van der Waals surface area contributed by atoms with Gasteiger partial charge in [-0.05, 0) is 31.5 Å². The zero-order valence-electron chi connectivity index (χ0n) is 15.6. The van der Waals surface area contributed by atoms with Crippen LogP contribution >= 0.6 is 11.8 Å². The number of carbonyl (C=O) groups is 1. The first-order chi connectivity index (χ1) is 13.6. The van der Waals surface area contributed by atoms with Crippen molar-refractivity contribution in [2.24, 2.45) is 5.10 Å². The number of aromatic nitrogens is 3. The van der Waals surface area contributed by atoms with Crippen LogP contribution in [-0.4, -0.2) is 32.6 Å². The van der Waals surface area contributed by atoms with Crippen molar-refractivity contribution in [2.75, 3.05) is 5.75 Å². The second-order valence-electron chi connectivity index (χ2n) is 6.05. The van der Waals surface area contributed by atoms with Crippen molar-refractivity contribution in [3.05, 3.63) is 65.5 Å². The fourth-order valence-electron chi connectivity index (χ4n) is 2.49. The molecule has 0 atom stereocenters. The Balaban J connectivity index is 1.58. The van der Waals surface area contributed by atoms with Crippen LogP contribution in [0.3, 0.4) is 0 Å². The first-order valence-electron chi connectivity index (χ1n) is 8.77. The van der Waals surface area contributed by atoms with Crippen molar-refractivity contribution in [1.82, 2.24) is 20.2 Å². The smallest absolute Gasteiger partial charge is 0.250 e. The molecular weight excluding hydrogens is 377 g/mol. The second kappa shape index (κ2) is 9.27. The van der Waals surface area contributed by atoms with Crippen LogP contribution in [0.15, 0.2) is 58.8 Å². The lowest BCUT2D eigenvalue weighted by Crippen LogP contribution is -2.20. The molecule has 1 aromatic heterocycles. The first-order valence-corrected chi connectivity index (χ1v) is 9.76. The van der Waals surface area contributed by atoms with Crippen LogP contribution in [0.2, 0.25) is 0 Å². The minimum Gasteiger partial charge on any atom is -0.302 e. The summed E-state index contributed by atoms with van der Waals surface area (Å²) in [6.45, 7) is 4.74. The predicted molar refractivity (Wildman–Crippen MR) is 109 cm³/mol. The lowest BCUT2D eigenvalue weighted by Gasteiger charge is -2.07. The van der Waals surface area contributed by atoms with Gasteiger partial charge in [0.15, 0.2) is 11.0 Å². The van der Waals surface area contributed by atoms with Gasteiger partial charge in [-0.3, -0.25) is 4.79 Å². The van der Waals surface area contributed by atoms with Gasteiger partial charge in [0.05, 0.1) is 12.0 Å². The van der Waals surface area contributed by atoms with Crippen LogP contribution in [-0.2, 0) is 11.3 Å². The molecule has 0 unspecified atom stereocenters. The Bertz CT molecular complexity index is 967. The maximum Gasteiger partial charge on any atom is 0.250 e. The van der Waals surface area contributed by atoms with Gasteiger partial charge >= 0.3 is 0 Å². The highest BCUT2D eigenvalue weighted by molar-refractivity contribution is 7.99. The lowest BCUT2D eigenvalue weighted by molar-refractivity contribution is -0.118. The van der Waals surface area contributed by atoms with Gasteiger partial charge in [-0.25, -0.2) is 9.82 Å². The molecule has 0 radical (unpaired) electrons. The number of amides is 1. The van der Waals surface area contributed by atoms with E-state index in [2.05, 4.69) is 20.7 Å². The van der Waals surface area contributed by atoms with Gasteiger partial charge < -0.3 is 4.57 Å². The monoisotopic (exact) mass is 397 g/mol. The van der Waals surface area contributed by atoms with Crippen molar-refractivity contribution in [3.63, 3.8) is 0 Å². The van der Waals surface area contributed by atoms with Crippen LogP contribution < -0.4 is 5.43 Å². The van der Waals surface area contributed by atoms with Gasteiger partial charge in [0, 0.05) is 12.1 Å². The molecule has 144 valence electrons. The fraction of sp³-hybridized carbons (Fsp3) is 0.200. The molecule has 0 bridgehead atoms. The largest absolute Gasteiger partial charge is 0.302 e. The maximum absolute atomic E-state index is 12.9. The predicted octanol–water partition coefficient (Wildman–Crippen LogP) is 3.65. The van der Waals surface area contributed by atoms with Crippen molar-refractivity contribution in [1.29, 1.82) is 0 Å². The molecule has 0 aliphatic heterocycles. The van der Waals surface area contributed by atoms with Crippen LogP contribution in [0.1, 0.15) is 18.1 Å². The third-order valence-electron chi connectivity index (χ3n) is 3.95. The molecule has 0 aliphatic carbocycles. The summed E-state index contributed by atoms with van der Waals surface area (Å²) < 4.78 is 14.8. The first kappa shape index (κ1) is 19.8. The minimum atomic E-state index is -0.317. The molecule has 2 aromatic carbocycles. The highest BCUT2D eigenvalue weighted by Gasteiger charge is 2.14. The third-order valence-corrected chi connectivity index (χ3v) is 4.91. The molecule has 1 amide bonds. The number of nitrogens with zero attached hydrogens (tertiary/aromatic N) is 4. The van der Waals surface area contributed by atoms with Gasteiger partial charge in [-0.1, -0.05) is 53.7 Å². The maximum atomic E-state index is 12.9. The summed E-state index contributed by atoms with van der Waals surface area (Å²) in [5.41, 5.74) is 5.32. The average Bonchev–Trinajstić information content (AvgIpc) is 3.11. The summed E-state index contributed by atoms with van der Waals surface area (Å²) in [4.78, 5) is 12.0. The standard InChI is InChI=1S/C20H20FN5OS/c1-3-26-19(16-8-4-14(2)5-9-16)24-25-20(26)28-13-18(27)23-22-12-15-6-10-17(21)11-7-15/h4-12H,3,13H2,1-2H3,(H,23,27). The number of benzene rings is 2. The molecule has 3 rings (SSSR count). The molecule has 0 spiro atoms. The Morgan fingerprint density at radius 3 is 2.57 bits per heavy atom. The molecule has 1 heterocycles. The van der Waals surface area contributed by atoms with E-state index in [0.717, 1.165) is 11.4 Å². The van der Waals surface area contributed by atoms with Crippen LogP contribution in [0.4, 0.5) is 4.39 Å². The molecule has 0 fully saturated rings. The van der Waals surface area contributed by atoms with E-state index >= 15 is 0 Å². The van der Waals surface area contributed by atoms with E-state index < -0.39 is 0 Å². The number of hydrogen-bond acceptors (Lipinski definition) is 5. The molecule has 6 nitrogen and oxygen atoms in total. The molecule has 0 saturated carbocycles. The quantitative estimate of drug-likeness (QED) is 0.375. The number of carbonyl (C=O) groups excluding carboxylic acids is 1. The molecule has 28 heavy (non-hydrogen) atoms. The van der Waals surface area contributed by atoms with E-state index in [4.69, 9.17) is 0 Å². The summed E-state index contributed by atoms with van der Waals surface area (Å²) in [6, 6.07) is 13.9. The molecule has 0 saturated heterocycles. The molecular formula is C20H20FN5OS. The van der Waals surface area contributed by atoms with Crippen molar-refractivity contribution >= 4 is 23.9 Å². The zero-order valence-corrected chi connectivity index (χ0v) is 16.4. The van der Waals surface area contributed by atoms with Gasteiger partial charge in [0.2, 0.25) is 0 Å². The zero-order chi connectivity index (χ0) is 19.9. The Kier molecular flexibility index (Phi) is 6.54. The second-order valence-corrected chi connectivity index (χ2v) is 6.99. The number of hydrazone groups is 1. The van der Waals surface area contributed by atoms with E-state index in [1.165, 1.54) is 35.7 Å². The minimum absolute atomic E-state index is 0.160. The number of aryl methyl sites for hydroxylation is 1. The van der Waals surface area contributed by atoms with E-state index in [-0.39, 0.29) is 17.5 Å². The van der Waals surface area contributed by atoms with Gasteiger partial charge in [0.25, 0.3) is 5.91 Å². The number of halogens is 1. The SMILES string of the molecule is CCn1c(SCC(=O)NN=Cc2ccc(F)cc2)nnc1-c1ccc(C)cc1. The normalized spacial score (nSPS) is 11.1. The molecule has 0 aliphatic rings. The highest BCUT2D eigenvalue weighted by Crippen LogP contribution is 2.24. The van der Waals surface area contributed by atoms with Gasteiger partial charge in [-0.2, -0.15) is 5.10 Å². The van der Waals surface area contributed by atoms with Gasteiger partial charge in [0.1, 0.15) is 5.82 Å². The summed E-state index contributed by atoms with van der Waals surface area (Å²) in [6.07, 6.45) is 1.46. The summed E-state index contributed by atoms with van der Waals surface area (Å²) in [7, 11) is 0. The Labute approximate surface area is 166 Å². The van der Waals surface area contributed by atoms with Crippen molar-refractivity contribution in [2.45, 2.75) is 25.5 Å². The van der Waals surface area contributed by atoms with Gasteiger partial charge in [-0.15, -0.1) is 10.2 Å². The summed E-state index contributed by atoms with van der Waals surface area (Å²) in [5.74, 6) is 0.362. The number of thioether (sulfide) groups is 1. The van der Waals surface area contributed by atoms with E-state index in [9.17, 15) is 9.18 Å². The van der Waals surface area contributed by atoms with E-state index in [1.807, 2.05) is 42.7 Å². The van der Waals surface area contributed by atoms with Crippen LogP contribution in [0.5, 0.6) is 0 Å². The number of nitrogens with one attached hydrogen (secondary N) is 1. The highest BCUT2D eigenvalue weighted by atomic mass is 32.2. The fourth-order valence-corrected chi connectivity index (χ4v) is 3.28. The summed E-state index contributed by atoms with van der Waals surface area (Å²) >= 11 is 1.30. The molecule has 1 N–H and O–H groups in total.